The van der Waals surface area contributed by atoms with Crippen molar-refractivity contribution < 1.29 is 20.1 Å². The Morgan fingerprint density at radius 2 is 0.780 bits per heavy atom. The van der Waals surface area contributed by atoms with Crippen LogP contribution in [0.4, 0.5) is 51.8 Å². The van der Waals surface area contributed by atoms with Crippen molar-refractivity contribution in [1.82, 2.24) is 39.9 Å². The second kappa shape index (κ2) is 19.7. The van der Waals surface area contributed by atoms with Gasteiger partial charge in [0.2, 0.25) is 17.1 Å². The molecule has 3 aromatic carbocycles. The molecule has 0 saturated carbocycles. The molecule has 0 fully saturated rings. The van der Waals surface area contributed by atoms with Crippen molar-refractivity contribution in [2.75, 3.05) is 36.4 Å². The molecule has 0 saturated heterocycles. The van der Waals surface area contributed by atoms with Crippen molar-refractivity contribution in [3.8, 4) is 0 Å². The number of hydrogen-bond acceptors (Lipinski definition) is 17. The summed E-state index contributed by atoms with van der Waals surface area (Å²) in [5.74, 6) is 3.10. The minimum atomic E-state index is -2.35. The lowest BCUT2D eigenvalue weighted by Gasteiger charge is -2.33. The van der Waals surface area contributed by atoms with E-state index in [0.29, 0.717) is 40.2 Å². The second-order valence-corrected chi connectivity index (χ2v) is 21.8. The van der Waals surface area contributed by atoms with Gasteiger partial charge >= 0.3 is 0 Å². The summed E-state index contributed by atoms with van der Waals surface area (Å²) >= 11 is 0. The number of pyridine rings is 4. The highest BCUT2D eigenvalue weighted by Crippen LogP contribution is 2.51. The number of nitrogens with zero attached hydrogens (tertiary/aromatic N) is 14. The lowest BCUT2D eigenvalue weighted by molar-refractivity contribution is 0.597. The standard InChI is InChI=1S/C23H24N4O.C22H23N5O.C20H19N5O/c1-13(2)26-16(5)27(19-7-6-12-24-22(19)26)20-14(3)8-10-17-18-11-9-15(4)25-23(18)28-21(17)20;1-12(2)26-15(5)27(21-20(26)23-10-11-24-21)18-13(3)6-8-16-17-9-7-14(4)25-22(17)28-19(16)18;1-11-5-7-14-15-8-6-12(2)23-20(15)26-17(14)16(11)25-13(3)24(4)18-19(25)22-10-9-21-18/h6-13,16H,1-5H3;6-12,15H,1-5H3;5-10,13H,1-4H3/i13D;12D;4D3. The quantitative estimate of drug-likeness (QED) is 0.160. The van der Waals surface area contributed by atoms with Crippen molar-refractivity contribution in [2.45, 2.75) is 121 Å². The van der Waals surface area contributed by atoms with Gasteiger partial charge < -0.3 is 32.9 Å². The first-order valence-corrected chi connectivity index (χ1v) is 27.5. The maximum absolute atomic E-state index is 8.70. The highest BCUT2D eigenvalue weighted by molar-refractivity contribution is 6.12. The number of fused-ring (bicyclic) bond motifs is 12. The highest BCUT2D eigenvalue weighted by atomic mass is 16.3. The summed E-state index contributed by atoms with van der Waals surface area (Å²) in [6.07, 6.45) is 7.48. The zero-order valence-corrected chi connectivity index (χ0v) is 48.2. The van der Waals surface area contributed by atoms with Crippen molar-refractivity contribution in [1.29, 1.82) is 0 Å². The molecule has 0 bridgehead atoms. The minimum absolute atomic E-state index is 0.0837. The van der Waals surface area contributed by atoms with Crippen LogP contribution >= 0.6 is 0 Å². The monoisotopic (exact) mass is 1100 g/mol. The van der Waals surface area contributed by atoms with Gasteiger partial charge in [-0.3, -0.25) is 9.80 Å². The summed E-state index contributed by atoms with van der Waals surface area (Å²) in [4.78, 5) is 47.9. The van der Waals surface area contributed by atoms with Crippen molar-refractivity contribution >= 4 is 118 Å². The fourth-order valence-electron chi connectivity index (χ4n) is 12.2. The summed E-state index contributed by atoms with van der Waals surface area (Å²) in [5, 5.41) is 5.94. The van der Waals surface area contributed by atoms with Gasteiger partial charge in [-0.1, -0.05) is 36.4 Å². The van der Waals surface area contributed by atoms with Crippen molar-refractivity contribution in [2.24, 2.45) is 0 Å². The third kappa shape index (κ3) is 8.10. The Morgan fingerprint density at radius 3 is 1.23 bits per heavy atom. The van der Waals surface area contributed by atoms with E-state index in [9.17, 15) is 0 Å². The van der Waals surface area contributed by atoms with Crippen LogP contribution in [0.1, 0.15) is 89.1 Å². The Bertz CT molecular complexity index is 4250. The van der Waals surface area contributed by atoms with E-state index in [1.54, 1.807) is 24.8 Å². The number of rotatable bonds is 5. The highest BCUT2D eigenvalue weighted by Gasteiger charge is 2.41. The fraction of sp³-hybridized carbons (Fsp3) is 0.292. The van der Waals surface area contributed by atoms with Gasteiger partial charge in [0.15, 0.2) is 45.8 Å². The number of hydrogen-bond donors (Lipinski definition) is 0. The molecule has 3 atom stereocenters. The lowest BCUT2D eigenvalue weighted by atomic mass is 10.1. The Labute approximate surface area is 482 Å². The molecule has 0 radical (unpaired) electrons. The van der Waals surface area contributed by atoms with E-state index >= 15 is 0 Å². The average molecular weight is 1100 g/mol. The van der Waals surface area contributed by atoms with E-state index < -0.39 is 25.2 Å². The Balaban J connectivity index is 0.000000121. The van der Waals surface area contributed by atoms with E-state index in [4.69, 9.17) is 20.1 Å². The Morgan fingerprint density at radius 1 is 0.415 bits per heavy atom. The SMILES string of the molecule is [2H]C(C)(C)N1c2ncccc2N(c2c(C)ccc3c2oc2nc(C)ccc23)C1C.[2H]C(C)(C)N1c2nccnc2N(c2c(C)ccc3c2oc2nc(C)ccc23)C1C.[2H]C([2H])([2H])N1c2nccnc2N(c2c(C)ccc3c2oc2nc(C)ccc23)C1C. The summed E-state index contributed by atoms with van der Waals surface area (Å²) in [6, 6.07) is 26.9. The van der Waals surface area contributed by atoms with Gasteiger partial charge in [-0.2, -0.15) is 0 Å². The molecule has 0 spiro atoms. The van der Waals surface area contributed by atoms with Gasteiger partial charge in [0.1, 0.15) is 18.5 Å². The van der Waals surface area contributed by atoms with E-state index in [2.05, 4.69) is 120 Å². The Hall–Kier alpha value is -9.38. The number of anilines is 9. The first-order chi connectivity index (χ1) is 41.3. The smallest absolute Gasteiger partial charge is 0.227 e. The van der Waals surface area contributed by atoms with E-state index in [1.807, 2.05) is 119 Å². The predicted molar refractivity (Wildman–Crippen MR) is 330 cm³/mol. The second-order valence-electron chi connectivity index (χ2n) is 21.8. The van der Waals surface area contributed by atoms with Crippen LogP contribution in [0.25, 0.3) is 66.2 Å². The summed E-state index contributed by atoms with van der Waals surface area (Å²) in [7, 11) is 0. The molecule has 3 aliphatic rings. The molecular weight excluding hydrogens is 1020 g/mol. The molecule has 82 heavy (non-hydrogen) atoms. The topological polar surface area (TPSA) is 162 Å². The molecule has 0 aliphatic carbocycles. The van der Waals surface area contributed by atoms with E-state index in [0.717, 1.165) is 112 Å². The molecule has 9 aromatic heterocycles. The summed E-state index contributed by atoms with van der Waals surface area (Å²) in [5.41, 5.74) is 13.7. The first kappa shape index (κ1) is 46.4. The van der Waals surface area contributed by atoms with Crippen LogP contribution in [0.15, 0.2) is 129 Å². The number of aromatic nitrogens is 8. The van der Waals surface area contributed by atoms with Crippen LogP contribution in [0.2, 0.25) is 0 Å². The van der Waals surface area contributed by atoms with Gasteiger partial charge in [-0.15, -0.1) is 0 Å². The molecule has 0 amide bonds. The zero-order valence-electron chi connectivity index (χ0n) is 53.2. The number of aryl methyl sites for hydroxylation is 6. The van der Waals surface area contributed by atoms with Gasteiger partial charge in [-0.25, -0.2) is 39.9 Å². The molecule has 17 nitrogen and oxygen atoms in total. The van der Waals surface area contributed by atoms with Crippen LogP contribution < -0.4 is 29.4 Å². The largest absolute Gasteiger partial charge is 0.435 e. The Kier molecular flexibility index (Phi) is 11.1. The molecule has 15 rings (SSSR count). The number of benzene rings is 3. The van der Waals surface area contributed by atoms with Gasteiger partial charge in [0.25, 0.3) is 0 Å². The molecule has 0 N–H and O–H groups in total. The maximum Gasteiger partial charge on any atom is 0.227 e. The maximum atomic E-state index is 8.70. The van der Waals surface area contributed by atoms with Crippen molar-refractivity contribution in [3.63, 3.8) is 0 Å². The third-order valence-corrected chi connectivity index (χ3v) is 15.9. The van der Waals surface area contributed by atoms with Crippen LogP contribution in [0, 0.1) is 41.5 Å². The molecule has 17 heteroatoms. The van der Waals surface area contributed by atoms with Crippen molar-refractivity contribution in [3.05, 3.63) is 150 Å². The summed E-state index contributed by atoms with van der Waals surface area (Å²) in [6.45, 7) is 23.2. The molecule has 3 unspecified atom stereocenters. The average Bonchev–Trinajstić information content (AvgIpc) is 1.63. The predicted octanol–water partition coefficient (Wildman–Crippen LogP) is 15.1. The fourth-order valence-corrected chi connectivity index (χ4v) is 12.2. The molecule has 12 heterocycles. The number of furan rings is 3. The van der Waals surface area contributed by atoms with E-state index in [1.165, 1.54) is 11.1 Å². The molecule has 12 aromatic rings. The minimum Gasteiger partial charge on any atom is -0.435 e. The van der Waals surface area contributed by atoms with Gasteiger partial charge in [-0.05, 0) is 155 Å². The molecular formula is C65H66N14O3. The third-order valence-electron chi connectivity index (χ3n) is 15.9. The van der Waals surface area contributed by atoms with Crippen LogP contribution in [-0.2, 0) is 0 Å². The van der Waals surface area contributed by atoms with Crippen LogP contribution in [0.5, 0.6) is 0 Å². The van der Waals surface area contributed by atoms with E-state index in [-0.39, 0.29) is 12.3 Å². The molecule has 414 valence electrons. The van der Waals surface area contributed by atoms with Crippen LogP contribution in [-0.4, -0.2) is 77.4 Å². The molecule has 3 aliphatic heterocycles. The first-order valence-electron chi connectivity index (χ1n) is 30.0. The van der Waals surface area contributed by atoms with Gasteiger partial charge in [0, 0.05) is 104 Å². The zero-order chi connectivity index (χ0) is 61.5. The lowest BCUT2D eigenvalue weighted by Crippen LogP contribution is -2.42. The van der Waals surface area contributed by atoms with Gasteiger partial charge in [0.05, 0.1) is 25.5 Å². The van der Waals surface area contributed by atoms with Crippen LogP contribution in [0.3, 0.4) is 0 Å². The summed E-state index contributed by atoms with van der Waals surface area (Å²) < 4.78 is 60.1. The normalized spacial score (nSPS) is 17.9.